The zero-order chi connectivity index (χ0) is 13.8. The lowest BCUT2D eigenvalue weighted by molar-refractivity contribution is 0.579. The number of aryl methyl sites for hydroxylation is 1. The Morgan fingerprint density at radius 1 is 1.47 bits per heavy atom. The number of halogens is 1. The second-order valence-corrected chi connectivity index (χ2v) is 5.93. The average molecular weight is 299 g/mol. The van der Waals surface area contributed by atoms with E-state index in [2.05, 4.69) is 17.0 Å². The highest BCUT2D eigenvalue weighted by Crippen LogP contribution is 2.22. The number of nitrogens with two attached hydrogens (primary N) is 1. The van der Waals surface area contributed by atoms with Crippen LogP contribution in [0.2, 0.25) is 5.02 Å². The SMILES string of the molecule is CCCn1ncnc1CS(=O)c1ccc(N)c(Cl)c1. The molecular weight excluding hydrogens is 284 g/mol. The molecule has 1 aromatic heterocycles. The highest BCUT2D eigenvalue weighted by atomic mass is 35.5. The third kappa shape index (κ3) is 3.33. The number of hydrogen-bond donors (Lipinski definition) is 1. The average Bonchev–Trinajstić information content (AvgIpc) is 2.80. The summed E-state index contributed by atoms with van der Waals surface area (Å²) in [5.74, 6) is 1.04. The summed E-state index contributed by atoms with van der Waals surface area (Å²) in [5.41, 5.74) is 6.11. The molecule has 0 saturated heterocycles. The Labute approximate surface area is 119 Å². The van der Waals surface area contributed by atoms with Crippen LogP contribution in [0.15, 0.2) is 29.4 Å². The smallest absolute Gasteiger partial charge is 0.139 e. The van der Waals surface area contributed by atoms with E-state index in [-0.39, 0.29) is 0 Å². The Kier molecular flexibility index (Phi) is 4.55. The Morgan fingerprint density at radius 2 is 2.26 bits per heavy atom. The molecule has 1 aromatic carbocycles. The van der Waals surface area contributed by atoms with Crippen LogP contribution in [0.25, 0.3) is 0 Å². The summed E-state index contributed by atoms with van der Waals surface area (Å²) >= 11 is 5.93. The lowest BCUT2D eigenvalue weighted by atomic mass is 10.3. The Balaban J connectivity index is 2.16. The van der Waals surface area contributed by atoms with E-state index in [0.29, 0.717) is 27.2 Å². The fraction of sp³-hybridized carbons (Fsp3) is 0.333. The van der Waals surface area contributed by atoms with Gasteiger partial charge in [-0.25, -0.2) is 9.67 Å². The summed E-state index contributed by atoms with van der Waals surface area (Å²) in [5, 5.41) is 4.53. The van der Waals surface area contributed by atoms with Crippen molar-refractivity contribution >= 4 is 28.1 Å². The van der Waals surface area contributed by atoms with Crippen LogP contribution < -0.4 is 5.73 Å². The van der Waals surface area contributed by atoms with Gasteiger partial charge in [-0.3, -0.25) is 4.21 Å². The maximum absolute atomic E-state index is 12.3. The Bertz CT molecular complexity index is 599. The minimum Gasteiger partial charge on any atom is -0.398 e. The van der Waals surface area contributed by atoms with Gasteiger partial charge < -0.3 is 5.73 Å². The van der Waals surface area contributed by atoms with Crippen molar-refractivity contribution < 1.29 is 4.21 Å². The molecule has 0 fully saturated rings. The van der Waals surface area contributed by atoms with E-state index in [1.165, 1.54) is 6.33 Å². The number of nitrogens with zero attached hydrogens (tertiary/aromatic N) is 3. The summed E-state index contributed by atoms with van der Waals surface area (Å²) in [6.07, 6.45) is 2.44. The number of nitrogen functional groups attached to an aromatic ring is 1. The molecule has 0 amide bonds. The van der Waals surface area contributed by atoms with Gasteiger partial charge in [0, 0.05) is 11.4 Å². The van der Waals surface area contributed by atoms with Crippen molar-refractivity contribution in [3.8, 4) is 0 Å². The summed E-state index contributed by atoms with van der Waals surface area (Å²) in [6, 6.07) is 5.01. The third-order valence-corrected chi connectivity index (χ3v) is 4.25. The maximum atomic E-state index is 12.3. The highest BCUT2D eigenvalue weighted by Gasteiger charge is 2.11. The minimum atomic E-state index is -1.21. The molecule has 7 heteroatoms. The summed E-state index contributed by atoms with van der Waals surface area (Å²) in [7, 11) is -1.21. The normalized spacial score (nSPS) is 12.5. The van der Waals surface area contributed by atoms with Crippen molar-refractivity contribution in [3.05, 3.63) is 35.4 Å². The summed E-state index contributed by atoms with van der Waals surface area (Å²) in [4.78, 5) is 4.79. The molecular formula is C12H15ClN4OS. The Hall–Kier alpha value is -1.40. The molecule has 0 spiro atoms. The number of benzene rings is 1. The van der Waals surface area contributed by atoms with Crippen molar-refractivity contribution in [1.29, 1.82) is 0 Å². The summed E-state index contributed by atoms with van der Waals surface area (Å²) < 4.78 is 14.0. The van der Waals surface area contributed by atoms with E-state index in [0.717, 1.165) is 13.0 Å². The first-order valence-corrected chi connectivity index (χ1v) is 7.61. The van der Waals surface area contributed by atoms with E-state index in [1.807, 2.05) is 0 Å². The van der Waals surface area contributed by atoms with Gasteiger partial charge in [0.1, 0.15) is 12.2 Å². The van der Waals surface area contributed by atoms with Gasteiger partial charge in [-0.05, 0) is 24.6 Å². The summed E-state index contributed by atoms with van der Waals surface area (Å²) in [6.45, 7) is 2.83. The second-order valence-electron chi connectivity index (χ2n) is 4.07. The van der Waals surface area contributed by atoms with Gasteiger partial charge in [0.2, 0.25) is 0 Å². The fourth-order valence-electron chi connectivity index (χ4n) is 1.65. The quantitative estimate of drug-likeness (QED) is 0.859. The van der Waals surface area contributed by atoms with Crippen molar-refractivity contribution in [1.82, 2.24) is 14.8 Å². The van der Waals surface area contributed by atoms with Crippen LogP contribution in [-0.4, -0.2) is 19.0 Å². The van der Waals surface area contributed by atoms with Crippen molar-refractivity contribution in [2.24, 2.45) is 0 Å². The molecule has 1 unspecified atom stereocenters. The molecule has 2 aromatic rings. The molecule has 1 heterocycles. The molecule has 0 aliphatic carbocycles. The zero-order valence-corrected chi connectivity index (χ0v) is 12.1. The van der Waals surface area contributed by atoms with Crippen molar-refractivity contribution in [3.63, 3.8) is 0 Å². The van der Waals surface area contributed by atoms with E-state index < -0.39 is 10.8 Å². The number of aromatic nitrogens is 3. The molecule has 0 aliphatic heterocycles. The molecule has 0 bridgehead atoms. The molecule has 0 radical (unpaired) electrons. The molecule has 0 aliphatic rings. The van der Waals surface area contributed by atoms with Crippen LogP contribution in [0, 0.1) is 0 Å². The van der Waals surface area contributed by atoms with E-state index in [4.69, 9.17) is 17.3 Å². The van der Waals surface area contributed by atoms with E-state index in [9.17, 15) is 4.21 Å². The van der Waals surface area contributed by atoms with Gasteiger partial charge in [0.15, 0.2) is 0 Å². The lowest BCUT2D eigenvalue weighted by Crippen LogP contribution is -2.08. The molecule has 0 saturated carbocycles. The standard InChI is InChI=1S/C12H15ClN4OS/c1-2-5-17-12(15-8-16-17)7-19(18)9-3-4-11(14)10(13)6-9/h3-4,6,8H,2,5,7,14H2,1H3. The van der Waals surface area contributed by atoms with E-state index in [1.54, 1.807) is 22.9 Å². The molecule has 2 N–H and O–H groups in total. The van der Waals surface area contributed by atoms with Crippen LogP contribution in [0.5, 0.6) is 0 Å². The first-order chi connectivity index (χ1) is 9.11. The van der Waals surface area contributed by atoms with Gasteiger partial charge in [-0.2, -0.15) is 5.10 Å². The molecule has 1 atom stereocenters. The van der Waals surface area contributed by atoms with Crippen LogP contribution in [0.4, 0.5) is 5.69 Å². The van der Waals surface area contributed by atoms with Crippen LogP contribution in [0.3, 0.4) is 0 Å². The fourth-order valence-corrected chi connectivity index (χ4v) is 2.99. The molecule has 2 rings (SSSR count). The largest absolute Gasteiger partial charge is 0.398 e. The van der Waals surface area contributed by atoms with Gasteiger partial charge in [-0.1, -0.05) is 18.5 Å². The third-order valence-electron chi connectivity index (χ3n) is 2.63. The predicted molar refractivity (Wildman–Crippen MR) is 76.3 cm³/mol. The van der Waals surface area contributed by atoms with E-state index >= 15 is 0 Å². The topological polar surface area (TPSA) is 73.8 Å². The van der Waals surface area contributed by atoms with Crippen LogP contribution >= 0.6 is 11.6 Å². The minimum absolute atomic E-state index is 0.320. The Morgan fingerprint density at radius 3 is 2.95 bits per heavy atom. The maximum Gasteiger partial charge on any atom is 0.139 e. The monoisotopic (exact) mass is 298 g/mol. The lowest BCUT2D eigenvalue weighted by Gasteiger charge is -2.06. The number of anilines is 1. The van der Waals surface area contributed by atoms with Crippen molar-refractivity contribution in [2.45, 2.75) is 30.5 Å². The highest BCUT2D eigenvalue weighted by molar-refractivity contribution is 7.84. The predicted octanol–water partition coefficient (Wildman–Crippen LogP) is 2.23. The zero-order valence-electron chi connectivity index (χ0n) is 10.5. The first-order valence-electron chi connectivity index (χ1n) is 5.92. The molecule has 5 nitrogen and oxygen atoms in total. The van der Waals surface area contributed by atoms with Gasteiger partial charge in [-0.15, -0.1) is 0 Å². The number of rotatable bonds is 5. The molecule has 102 valence electrons. The second kappa shape index (κ2) is 6.16. The van der Waals surface area contributed by atoms with Gasteiger partial charge in [0.05, 0.1) is 27.3 Å². The molecule has 19 heavy (non-hydrogen) atoms. The number of hydrogen-bond acceptors (Lipinski definition) is 4. The van der Waals surface area contributed by atoms with Gasteiger partial charge >= 0.3 is 0 Å². The van der Waals surface area contributed by atoms with Crippen LogP contribution in [0.1, 0.15) is 19.2 Å². The van der Waals surface area contributed by atoms with Gasteiger partial charge in [0.25, 0.3) is 0 Å². The van der Waals surface area contributed by atoms with Crippen molar-refractivity contribution in [2.75, 3.05) is 5.73 Å². The first kappa shape index (κ1) is 14.0. The van der Waals surface area contributed by atoms with Crippen LogP contribution in [-0.2, 0) is 23.1 Å².